The molecule has 49 heavy (non-hydrogen) atoms. The standard InChI is InChI=1S/C34H43F3N4O7S/c1-23(2)32(42)48-33(43,22-46-3)20-40-16-13-24(14-17-40)39-28-9-6-10-30-27(28)18-25(41(30)21-34(35,36)37)8-7-15-38-29-12-11-26(49(5,44)45)19-31(29)47-4/h6,9-12,18-19,23-24,38-39,43H,13-17,20-22H2,1-5H3. The molecule has 2 heterocycles. The van der Waals surface area contributed by atoms with E-state index < -0.39 is 40.2 Å². The van der Waals surface area contributed by atoms with Crippen LogP contribution in [0, 0.1) is 17.8 Å². The molecule has 0 saturated carbocycles. The van der Waals surface area contributed by atoms with Crippen LogP contribution in [0.4, 0.5) is 24.5 Å². The Labute approximate surface area is 284 Å². The number of esters is 1. The number of alkyl halides is 3. The first kappa shape index (κ1) is 37.8. The average Bonchev–Trinajstić information content (AvgIpc) is 3.36. The molecule has 1 saturated heterocycles. The highest BCUT2D eigenvalue weighted by atomic mass is 32.2. The second-order valence-electron chi connectivity index (χ2n) is 12.4. The highest BCUT2D eigenvalue weighted by molar-refractivity contribution is 7.90. The van der Waals surface area contributed by atoms with Gasteiger partial charge in [-0.15, -0.1) is 0 Å². The Kier molecular flexibility index (Phi) is 12.1. The summed E-state index contributed by atoms with van der Waals surface area (Å²) in [5.74, 6) is 3.31. The molecular formula is C34H43F3N4O7S. The molecule has 1 aromatic heterocycles. The van der Waals surface area contributed by atoms with Gasteiger partial charge < -0.3 is 34.5 Å². The number of piperidine rings is 1. The summed E-state index contributed by atoms with van der Waals surface area (Å²) in [6.45, 7) is 3.28. The van der Waals surface area contributed by atoms with E-state index in [0.717, 1.165) is 10.8 Å². The lowest BCUT2D eigenvalue weighted by Crippen LogP contribution is -2.52. The van der Waals surface area contributed by atoms with Gasteiger partial charge in [-0.2, -0.15) is 13.2 Å². The van der Waals surface area contributed by atoms with Crippen LogP contribution in [0.5, 0.6) is 5.75 Å². The fourth-order valence-corrected chi connectivity index (χ4v) is 6.27. The van der Waals surface area contributed by atoms with E-state index in [0.29, 0.717) is 48.2 Å². The number of anilines is 2. The van der Waals surface area contributed by atoms with Gasteiger partial charge in [-0.3, -0.25) is 9.69 Å². The third-order valence-electron chi connectivity index (χ3n) is 8.02. The number of nitrogens with zero attached hydrogens (tertiary/aromatic N) is 2. The molecule has 15 heteroatoms. The number of aliphatic hydroxyl groups is 1. The molecule has 0 aliphatic carbocycles. The molecule has 1 aliphatic heterocycles. The number of aromatic nitrogens is 1. The van der Waals surface area contributed by atoms with Crippen LogP contribution < -0.4 is 15.4 Å². The van der Waals surface area contributed by atoms with Crippen LogP contribution in [0.15, 0.2) is 47.4 Å². The zero-order chi connectivity index (χ0) is 36.0. The van der Waals surface area contributed by atoms with Gasteiger partial charge in [0.15, 0.2) is 9.84 Å². The average molecular weight is 709 g/mol. The van der Waals surface area contributed by atoms with E-state index in [1.807, 2.05) is 11.0 Å². The summed E-state index contributed by atoms with van der Waals surface area (Å²) in [6, 6.07) is 11.1. The lowest BCUT2D eigenvalue weighted by molar-refractivity contribution is -0.235. The fraction of sp³-hybridized carbons (Fsp3) is 0.500. The predicted octanol–water partition coefficient (Wildman–Crippen LogP) is 4.49. The van der Waals surface area contributed by atoms with Gasteiger partial charge in [0.05, 0.1) is 47.9 Å². The van der Waals surface area contributed by atoms with E-state index in [4.69, 9.17) is 14.2 Å². The predicted molar refractivity (Wildman–Crippen MR) is 180 cm³/mol. The van der Waals surface area contributed by atoms with Crippen molar-refractivity contribution in [3.05, 3.63) is 48.2 Å². The minimum Gasteiger partial charge on any atom is -0.495 e. The lowest BCUT2D eigenvalue weighted by Gasteiger charge is -2.38. The van der Waals surface area contributed by atoms with Crippen molar-refractivity contribution in [1.82, 2.24) is 9.47 Å². The summed E-state index contributed by atoms with van der Waals surface area (Å²) < 4.78 is 81.8. The minimum absolute atomic E-state index is 0.00403. The second kappa shape index (κ2) is 15.7. The van der Waals surface area contributed by atoms with E-state index in [2.05, 4.69) is 22.5 Å². The van der Waals surface area contributed by atoms with Crippen molar-refractivity contribution < 1.29 is 45.7 Å². The maximum atomic E-state index is 13.7. The third kappa shape index (κ3) is 10.3. The van der Waals surface area contributed by atoms with Crippen molar-refractivity contribution in [3.8, 4) is 17.6 Å². The van der Waals surface area contributed by atoms with Crippen molar-refractivity contribution in [3.63, 3.8) is 0 Å². The van der Waals surface area contributed by atoms with Crippen LogP contribution in [0.1, 0.15) is 32.4 Å². The summed E-state index contributed by atoms with van der Waals surface area (Å²) >= 11 is 0. The van der Waals surface area contributed by atoms with Crippen LogP contribution in [-0.2, 0) is 30.7 Å². The number of nitrogens with one attached hydrogen (secondary N) is 2. The molecule has 1 aliphatic rings. The maximum absolute atomic E-state index is 13.7. The summed E-state index contributed by atoms with van der Waals surface area (Å²) in [7, 11) is -0.622. The molecule has 3 aromatic rings. The Morgan fingerprint density at radius 3 is 2.41 bits per heavy atom. The van der Waals surface area contributed by atoms with E-state index in [1.54, 1.807) is 38.1 Å². The number of benzene rings is 2. The van der Waals surface area contributed by atoms with Gasteiger partial charge in [0.25, 0.3) is 0 Å². The van der Waals surface area contributed by atoms with Gasteiger partial charge in [0.2, 0.25) is 5.79 Å². The summed E-state index contributed by atoms with van der Waals surface area (Å²) in [6.07, 6.45) is -2.05. The molecule has 4 rings (SSSR count). The van der Waals surface area contributed by atoms with E-state index in [-0.39, 0.29) is 42.1 Å². The molecule has 0 radical (unpaired) electrons. The molecular weight excluding hydrogens is 665 g/mol. The molecule has 1 atom stereocenters. The molecule has 0 amide bonds. The molecule has 11 nitrogen and oxygen atoms in total. The zero-order valence-corrected chi connectivity index (χ0v) is 29.0. The highest BCUT2D eigenvalue weighted by Crippen LogP contribution is 2.32. The van der Waals surface area contributed by atoms with E-state index in [9.17, 15) is 31.5 Å². The van der Waals surface area contributed by atoms with Crippen molar-refractivity contribution in [2.24, 2.45) is 5.92 Å². The number of hydrogen-bond donors (Lipinski definition) is 3. The van der Waals surface area contributed by atoms with E-state index in [1.165, 1.54) is 26.4 Å². The molecule has 3 N–H and O–H groups in total. The SMILES string of the molecule is COCC(O)(CN1CCC(Nc2cccc3c2cc(C#CCNc2ccc(S(C)(=O)=O)cc2OC)n3CC(F)(F)F)CC1)OC(=O)C(C)C. The maximum Gasteiger partial charge on any atom is 0.406 e. The van der Waals surface area contributed by atoms with Gasteiger partial charge in [0.1, 0.15) is 18.9 Å². The Bertz CT molecular complexity index is 1790. The van der Waals surface area contributed by atoms with Crippen molar-refractivity contribution in [2.75, 3.05) is 63.9 Å². The number of hydrogen-bond acceptors (Lipinski definition) is 10. The van der Waals surface area contributed by atoms with Crippen LogP contribution in [0.25, 0.3) is 10.9 Å². The fourth-order valence-electron chi connectivity index (χ4n) is 5.63. The molecule has 268 valence electrons. The summed E-state index contributed by atoms with van der Waals surface area (Å²) in [4.78, 5) is 14.2. The van der Waals surface area contributed by atoms with Crippen molar-refractivity contribution in [1.29, 1.82) is 0 Å². The van der Waals surface area contributed by atoms with Crippen LogP contribution >= 0.6 is 0 Å². The number of ether oxygens (including phenoxy) is 3. The first-order valence-corrected chi connectivity index (χ1v) is 17.6. The largest absolute Gasteiger partial charge is 0.495 e. The number of methoxy groups -OCH3 is 2. The number of likely N-dealkylation sites (tertiary alicyclic amines) is 1. The molecule has 2 aromatic carbocycles. The number of carbonyl (C=O) groups is 1. The Balaban J connectivity index is 1.49. The van der Waals surface area contributed by atoms with E-state index >= 15 is 0 Å². The smallest absolute Gasteiger partial charge is 0.406 e. The van der Waals surface area contributed by atoms with Gasteiger partial charge in [-0.1, -0.05) is 25.8 Å². The highest BCUT2D eigenvalue weighted by Gasteiger charge is 2.36. The molecule has 0 bridgehead atoms. The Hall–Kier alpha value is -3.97. The third-order valence-corrected chi connectivity index (χ3v) is 9.13. The number of carbonyl (C=O) groups excluding carboxylic acids is 1. The topological polar surface area (TPSA) is 131 Å². The van der Waals surface area contributed by atoms with Crippen LogP contribution in [0.2, 0.25) is 0 Å². The van der Waals surface area contributed by atoms with Gasteiger partial charge in [-0.05, 0) is 49.1 Å². The number of rotatable bonds is 13. The Morgan fingerprint density at radius 2 is 1.80 bits per heavy atom. The number of fused-ring (bicyclic) bond motifs is 1. The zero-order valence-electron chi connectivity index (χ0n) is 28.2. The van der Waals surface area contributed by atoms with Crippen molar-refractivity contribution >= 4 is 38.1 Å². The minimum atomic E-state index is -4.49. The van der Waals surface area contributed by atoms with Crippen molar-refractivity contribution in [2.45, 2.75) is 56.1 Å². The monoisotopic (exact) mass is 708 g/mol. The number of sulfone groups is 1. The van der Waals surface area contributed by atoms with Gasteiger partial charge >= 0.3 is 12.1 Å². The van der Waals surface area contributed by atoms with Crippen LogP contribution in [-0.4, -0.2) is 100 Å². The van der Waals surface area contributed by atoms with Gasteiger partial charge in [-0.25, -0.2) is 8.42 Å². The Morgan fingerprint density at radius 1 is 1.08 bits per heavy atom. The molecule has 0 spiro atoms. The lowest BCUT2D eigenvalue weighted by atomic mass is 10.0. The van der Waals surface area contributed by atoms with Gasteiger partial charge in [0, 0.05) is 49.6 Å². The number of β-amino-alcohol motifs (C(OH)–C–C–N with tert-alkyl or cyclic N) is 1. The molecule has 1 fully saturated rings. The molecule has 1 unspecified atom stereocenters. The normalized spacial score (nSPS) is 15.8. The first-order chi connectivity index (χ1) is 23.0. The van der Waals surface area contributed by atoms with Crippen LogP contribution in [0.3, 0.4) is 0 Å². The summed E-state index contributed by atoms with van der Waals surface area (Å²) in [5, 5.41) is 18.1. The first-order valence-electron chi connectivity index (χ1n) is 15.7. The quantitative estimate of drug-likeness (QED) is 0.133. The number of halogens is 3. The second-order valence-corrected chi connectivity index (χ2v) is 14.4. The summed E-state index contributed by atoms with van der Waals surface area (Å²) in [5.41, 5.74) is 1.73.